The molecule has 0 radical (unpaired) electrons. The molecule has 28 heavy (non-hydrogen) atoms. The van der Waals surface area contributed by atoms with Gasteiger partial charge in [-0.15, -0.1) is 0 Å². The minimum Gasteiger partial charge on any atom is -0.370 e. The number of aryl methyl sites for hydroxylation is 2. The normalized spacial score (nSPS) is 10.8. The number of primary amides is 1. The summed E-state index contributed by atoms with van der Waals surface area (Å²) in [6.45, 7) is 2.68. The largest absolute Gasteiger partial charge is 0.370 e. The van der Waals surface area contributed by atoms with Crippen molar-refractivity contribution >= 4 is 34.4 Å². The Labute approximate surface area is 161 Å². The summed E-state index contributed by atoms with van der Waals surface area (Å²) in [5.74, 6) is -1.73. The molecule has 0 aliphatic rings. The van der Waals surface area contributed by atoms with Crippen LogP contribution < -0.4 is 16.4 Å². The SMILES string of the molecule is Cc1cccc2[nH]cc(CCNC(=O)C(=O)Nc3ccn(CCC(N)=O)n3)c12. The summed E-state index contributed by atoms with van der Waals surface area (Å²) >= 11 is 0. The van der Waals surface area contributed by atoms with Crippen LogP contribution in [0.1, 0.15) is 17.5 Å². The summed E-state index contributed by atoms with van der Waals surface area (Å²) in [7, 11) is 0. The maximum atomic E-state index is 12.0. The molecule has 3 aromatic rings. The number of hydrogen-bond donors (Lipinski definition) is 4. The van der Waals surface area contributed by atoms with Crippen molar-refractivity contribution in [1.29, 1.82) is 0 Å². The van der Waals surface area contributed by atoms with Gasteiger partial charge in [0.2, 0.25) is 5.91 Å². The van der Waals surface area contributed by atoms with Crippen molar-refractivity contribution in [3.63, 3.8) is 0 Å². The lowest BCUT2D eigenvalue weighted by Gasteiger charge is -2.05. The molecule has 0 saturated heterocycles. The Bertz CT molecular complexity index is 1020. The summed E-state index contributed by atoms with van der Waals surface area (Å²) in [5, 5.41) is 10.2. The van der Waals surface area contributed by atoms with Crippen molar-refractivity contribution in [2.24, 2.45) is 5.73 Å². The van der Waals surface area contributed by atoms with Crippen LogP contribution in [-0.2, 0) is 27.3 Å². The Kier molecular flexibility index (Phi) is 5.73. The topological polar surface area (TPSA) is 135 Å². The number of nitrogens with zero attached hydrogens (tertiary/aromatic N) is 2. The molecule has 3 amide bonds. The summed E-state index contributed by atoms with van der Waals surface area (Å²) in [5.41, 5.74) is 8.37. The first-order valence-corrected chi connectivity index (χ1v) is 8.90. The number of rotatable bonds is 7. The summed E-state index contributed by atoms with van der Waals surface area (Å²) in [4.78, 5) is 38.0. The average Bonchev–Trinajstić information content (AvgIpc) is 3.27. The van der Waals surface area contributed by atoms with Gasteiger partial charge >= 0.3 is 11.8 Å². The lowest BCUT2D eigenvalue weighted by Crippen LogP contribution is -2.36. The van der Waals surface area contributed by atoms with Gasteiger partial charge in [0.05, 0.1) is 0 Å². The minimum absolute atomic E-state index is 0.142. The highest BCUT2D eigenvalue weighted by atomic mass is 16.2. The Morgan fingerprint density at radius 2 is 2.04 bits per heavy atom. The van der Waals surface area contributed by atoms with E-state index in [0.717, 1.165) is 22.0 Å². The Morgan fingerprint density at radius 3 is 2.82 bits per heavy atom. The standard InChI is InChI=1S/C19H22N6O3/c1-12-3-2-4-14-17(12)13(11-22-14)5-8-21-18(27)19(28)23-16-7-10-25(24-16)9-6-15(20)26/h2-4,7,10-11,22H,5-6,8-9H2,1H3,(H2,20,26)(H,21,27)(H,23,24,28). The second-order valence-electron chi connectivity index (χ2n) is 6.45. The molecule has 0 unspecified atom stereocenters. The molecular weight excluding hydrogens is 360 g/mol. The number of fused-ring (bicyclic) bond motifs is 1. The second kappa shape index (κ2) is 8.38. The number of anilines is 1. The molecule has 9 nitrogen and oxygen atoms in total. The number of nitrogens with one attached hydrogen (secondary N) is 3. The van der Waals surface area contributed by atoms with Crippen LogP contribution in [0, 0.1) is 6.92 Å². The molecule has 0 atom stereocenters. The van der Waals surface area contributed by atoms with E-state index in [2.05, 4.69) is 20.7 Å². The molecule has 0 fully saturated rings. The van der Waals surface area contributed by atoms with E-state index in [1.165, 1.54) is 4.68 Å². The van der Waals surface area contributed by atoms with Crippen LogP contribution in [0.3, 0.4) is 0 Å². The van der Waals surface area contributed by atoms with Crippen LogP contribution in [0.15, 0.2) is 36.7 Å². The fourth-order valence-electron chi connectivity index (χ4n) is 2.99. The molecule has 0 aliphatic carbocycles. The number of H-pyrrole nitrogens is 1. The van der Waals surface area contributed by atoms with Crippen molar-refractivity contribution in [3.8, 4) is 0 Å². The first kappa shape index (κ1) is 19.2. The van der Waals surface area contributed by atoms with Crippen molar-refractivity contribution in [1.82, 2.24) is 20.1 Å². The molecule has 3 rings (SSSR count). The quantitative estimate of drug-likeness (QED) is 0.450. The third-order valence-electron chi connectivity index (χ3n) is 4.35. The number of carbonyl (C=O) groups is 3. The van der Waals surface area contributed by atoms with Gasteiger partial charge in [-0.1, -0.05) is 12.1 Å². The fourth-order valence-corrected chi connectivity index (χ4v) is 2.99. The Morgan fingerprint density at radius 1 is 1.21 bits per heavy atom. The average molecular weight is 382 g/mol. The van der Waals surface area contributed by atoms with E-state index < -0.39 is 17.7 Å². The molecule has 146 valence electrons. The van der Waals surface area contributed by atoms with Gasteiger partial charge in [0, 0.05) is 48.9 Å². The van der Waals surface area contributed by atoms with Crippen LogP contribution in [-0.4, -0.2) is 39.0 Å². The van der Waals surface area contributed by atoms with Crippen LogP contribution in [0.5, 0.6) is 0 Å². The van der Waals surface area contributed by atoms with Crippen LogP contribution in [0.2, 0.25) is 0 Å². The second-order valence-corrected chi connectivity index (χ2v) is 6.45. The smallest absolute Gasteiger partial charge is 0.314 e. The highest BCUT2D eigenvalue weighted by Crippen LogP contribution is 2.22. The molecule has 0 bridgehead atoms. The van der Waals surface area contributed by atoms with Gasteiger partial charge in [-0.05, 0) is 30.5 Å². The third-order valence-corrected chi connectivity index (χ3v) is 4.35. The van der Waals surface area contributed by atoms with E-state index in [1.807, 2.05) is 31.3 Å². The molecule has 0 spiro atoms. The Balaban J connectivity index is 1.49. The van der Waals surface area contributed by atoms with E-state index in [-0.39, 0.29) is 12.2 Å². The maximum absolute atomic E-state index is 12.0. The van der Waals surface area contributed by atoms with Crippen LogP contribution in [0.4, 0.5) is 5.82 Å². The van der Waals surface area contributed by atoms with Gasteiger partial charge in [0.25, 0.3) is 0 Å². The first-order valence-electron chi connectivity index (χ1n) is 8.90. The first-order chi connectivity index (χ1) is 13.4. The lowest BCUT2D eigenvalue weighted by atomic mass is 10.1. The zero-order chi connectivity index (χ0) is 20.1. The van der Waals surface area contributed by atoms with E-state index in [0.29, 0.717) is 19.5 Å². The number of aromatic nitrogens is 3. The van der Waals surface area contributed by atoms with Crippen molar-refractivity contribution in [2.75, 3.05) is 11.9 Å². The molecule has 1 aromatic carbocycles. The van der Waals surface area contributed by atoms with Gasteiger partial charge in [-0.3, -0.25) is 19.1 Å². The molecule has 5 N–H and O–H groups in total. The van der Waals surface area contributed by atoms with Crippen LogP contribution >= 0.6 is 0 Å². The predicted octanol–water partition coefficient (Wildman–Crippen LogP) is 0.846. The maximum Gasteiger partial charge on any atom is 0.314 e. The third kappa shape index (κ3) is 4.56. The molecular formula is C19H22N6O3. The molecule has 0 aliphatic heterocycles. The molecule has 2 aromatic heterocycles. The van der Waals surface area contributed by atoms with Crippen LogP contribution in [0.25, 0.3) is 10.9 Å². The minimum atomic E-state index is -0.796. The summed E-state index contributed by atoms with van der Waals surface area (Å²) in [6.07, 6.45) is 4.26. The van der Waals surface area contributed by atoms with E-state index in [1.54, 1.807) is 12.3 Å². The summed E-state index contributed by atoms with van der Waals surface area (Å²) in [6, 6.07) is 7.56. The molecule has 2 heterocycles. The van der Waals surface area contributed by atoms with E-state index in [9.17, 15) is 14.4 Å². The van der Waals surface area contributed by atoms with E-state index in [4.69, 9.17) is 5.73 Å². The monoisotopic (exact) mass is 382 g/mol. The van der Waals surface area contributed by atoms with Gasteiger partial charge in [-0.2, -0.15) is 5.10 Å². The summed E-state index contributed by atoms with van der Waals surface area (Å²) < 4.78 is 1.47. The number of nitrogens with two attached hydrogens (primary N) is 1. The van der Waals surface area contributed by atoms with Crippen molar-refractivity contribution in [3.05, 3.63) is 47.8 Å². The van der Waals surface area contributed by atoms with E-state index >= 15 is 0 Å². The number of carbonyl (C=O) groups excluding carboxylic acids is 3. The van der Waals surface area contributed by atoms with Crippen molar-refractivity contribution < 1.29 is 14.4 Å². The van der Waals surface area contributed by atoms with Gasteiger partial charge in [0.15, 0.2) is 5.82 Å². The number of amides is 3. The number of benzene rings is 1. The highest BCUT2D eigenvalue weighted by molar-refractivity contribution is 6.39. The zero-order valence-corrected chi connectivity index (χ0v) is 15.5. The zero-order valence-electron chi connectivity index (χ0n) is 15.5. The Hall–Kier alpha value is -3.62. The lowest BCUT2D eigenvalue weighted by molar-refractivity contribution is -0.136. The fraction of sp³-hybridized carbons (Fsp3) is 0.263. The van der Waals surface area contributed by atoms with Crippen molar-refractivity contribution in [2.45, 2.75) is 26.3 Å². The molecule has 9 heteroatoms. The van der Waals surface area contributed by atoms with Gasteiger partial charge in [-0.25, -0.2) is 0 Å². The number of aromatic amines is 1. The predicted molar refractivity (Wildman–Crippen MR) is 104 cm³/mol. The highest BCUT2D eigenvalue weighted by Gasteiger charge is 2.15. The molecule has 0 saturated carbocycles. The number of hydrogen-bond acceptors (Lipinski definition) is 4. The van der Waals surface area contributed by atoms with Gasteiger partial charge < -0.3 is 21.4 Å². The van der Waals surface area contributed by atoms with Gasteiger partial charge in [0.1, 0.15) is 0 Å².